The average Bonchev–Trinajstić information content (AvgIpc) is 2.53. The van der Waals surface area contributed by atoms with Crippen molar-refractivity contribution in [3.05, 3.63) is 30.3 Å². The molecule has 1 aliphatic rings. The van der Waals surface area contributed by atoms with E-state index in [1.54, 1.807) is 30.3 Å². The topological polar surface area (TPSA) is 141 Å². The Hall–Kier alpha value is -2.20. The minimum atomic E-state index is -1.68. The van der Waals surface area contributed by atoms with Crippen molar-refractivity contribution in [2.24, 2.45) is 5.16 Å². The first-order chi connectivity index (χ1) is 10.5. The van der Waals surface area contributed by atoms with Crippen LogP contribution in [-0.4, -0.2) is 63.4 Å². The Morgan fingerprint density at radius 2 is 1.91 bits per heavy atom. The standard InChI is InChI=1S/C13H16N2O7/c16-6-8-9(17)10(18)11(19)12(21-8)15-22-13(20)14-7-4-2-1-3-5-7/h1-5,8-11,16-19H,6H2,(H,14,20)/t8-,9-,10+,11-/m1/s1. The third-order valence-corrected chi connectivity index (χ3v) is 3.00. The molecule has 120 valence electrons. The van der Waals surface area contributed by atoms with Gasteiger partial charge in [-0.3, -0.25) is 10.2 Å². The highest BCUT2D eigenvalue weighted by molar-refractivity contribution is 5.86. The molecule has 1 aromatic carbocycles. The van der Waals surface area contributed by atoms with Crippen molar-refractivity contribution in [2.75, 3.05) is 11.9 Å². The van der Waals surface area contributed by atoms with Crippen molar-refractivity contribution in [2.45, 2.75) is 24.4 Å². The number of hydrogen-bond acceptors (Lipinski definition) is 8. The van der Waals surface area contributed by atoms with Crippen molar-refractivity contribution in [1.29, 1.82) is 0 Å². The van der Waals surface area contributed by atoms with Gasteiger partial charge in [-0.1, -0.05) is 18.2 Å². The smallest absolute Gasteiger partial charge is 0.437 e. The van der Waals surface area contributed by atoms with E-state index in [1.807, 2.05) is 0 Å². The third-order valence-electron chi connectivity index (χ3n) is 3.00. The van der Waals surface area contributed by atoms with E-state index in [9.17, 15) is 20.1 Å². The van der Waals surface area contributed by atoms with Gasteiger partial charge in [-0.15, -0.1) is 0 Å². The highest BCUT2D eigenvalue weighted by atomic mass is 16.7. The van der Waals surface area contributed by atoms with Crippen LogP contribution in [-0.2, 0) is 9.57 Å². The molecule has 0 aromatic heterocycles. The maximum Gasteiger partial charge on any atom is 0.437 e. The summed E-state index contributed by atoms with van der Waals surface area (Å²) < 4.78 is 4.97. The molecule has 1 saturated heterocycles. The van der Waals surface area contributed by atoms with E-state index in [1.165, 1.54) is 0 Å². The largest absolute Gasteiger partial charge is 0.468 e. The molecule has 1 aliphatic heterocycles. The average molecular weight is 312 g/mol. The maximum absolute atomic E-state index is 11.5. The second kappa shape index (κ2) is 7.18. The number of nitrogens with zero attached hydrogens (tertiary/aromatic N) is 1. The third kappa shape index (κ3) is 3.71. The van der Waals surface area contributed by atoms with Gasteiger partial charge in [0.1, 0.15) is 12.2 Å². The molecule has 0 saturated carbocycles. The van der Waals surface area contributed by atoms with E-state index in [2.05, 4.69) is 15.3 Å². The van der Waals surface area contributed by atoms with E-state index in [4.69, 9.17) is 9.84 Å². The summed E-state index contributed by atoms with van der Waals surface area (Å²) in [5.74, 6) is -0.514. The second-order valence-electron chi connectivity index (χ2n) is 4.56. The van der Waals surface area contributed by atoms with Gasteiger partial charge in [-0.25, -0.2) is 4.79 Å². The van der Waals surface area contributed by atoms with Crippen molar-refractivity contribution < 1.29 is 34.8 Å². The van der Waals surface area contributed by atoms with Crippen LogP contribution >= 0.6 is 0 Å². The van der Waals surface area contributed by atoms with E-state index < -0.39 is 43.0 Å². The van der Waals surface area contributed by atoms with Gasteiger partial charge < -0.3 is 25.2 Å². The molecule has 1 heterocycles. The molecule has 0 radical (unpaired) electrons. The van der Waals surface area contributed by atoms with Crippen molar-refractivity contribution >= 4 is 17.7 Å². The summed E-state index contributed by atoms with van der Waals surface area (Å²) in [5, 5.41) is 43.5. The molecular weight excluding hydrogens is 296 g/mol. The van der Waals surface area contributed by atoms with Crippen molar-refractivity contribution in [3.63, 3.8) is 0 Å². The fraction of sp³-hybridized carbons (Fsp3) is 0.385. The lowest BCUT2D eigenvalue weighted by Crippen LogP contribution is -2.56. The summed E-state index contributed by atoms with van der Waals surface area (Å²) >= 11 is 0. The number of carbonyl (C=O) groups is 1. The number of hydrogen-bond donors (Lipinski definition) is 5. The van der Waals surface area contributed by atoms with Crippen molar-refractivity contribution in [3.8, 4) is 0 Å². The van der Waals surface area contributed by atoms with Gasteiger partial charge in [0, 0.05) is 5.69 Å². The number of amides is 1. The maximum atomic E-state index is 11.5. The van der Waals surface area contributed by atoms with Gasteiger partial charge in [-0.05, 0) is 17.3 Å². The van der Waals surface area contributed by atoms with Crippen LogP contribution in [0.15, 0.2) is 35.5 Å². The van der Waals surface area contributed by atoms with Gasteiger partial charge in [0.2, 0.25) is 0 Å². The minimum Gasteiger partial charge on any atom is -0.468 e. The zero-order chi connectivity index (χ0) is 16.1. The highest BCUT2D eigenvalue weighted by Crippen LogP contribution is 2.17. The molecule has 0 spiro atoms. The Bertz CT molecular complexity index is 534. The van der Waals surface area contributed by atoms with E-state index in [-0.39, 0.29) is 0 Å². The van der Waals surface area contributed by atoms with Crippen LogP contribution in [0.25, 0.3) is 0 Å². The van der Waals surface area contributed by atoms with Gasteiger partial charge in [0.05, 0.1) is 6.61 Å². The van der Waals surface area contributed by atoms with E-state index in [0.717, 1.165) is 0 Å². The summed E-state index contributed by atoms with van der Waals surface area (Å²) in [7, 11) is 0. The Morgan fingerprint density at radius 1 is 1.23 bits per heavy atom. The van der Waals surface area contributed by atoms with E-state index >= 15 is 0 Å². The van der Waals surface area contributed by atoms with Crippen LogP contribution in [0.4, 0.5) is 10.5 Å². The Balaban J connectivity index is 1.98. The second-order valence-corrected chi connectivity index (χ2v) is 4.56. The zero-order valence-corrected chi connectivity index (χ0v) is 11.4. The first kappa shape index (κ1) is 16.2. The normalized spacial score (nSPS) is 29.7. The number of oxime groups is 1. The molecule has 1 amide bonds. The molecular formula is C13H16N2O7. The molecule has 9 nitrogen and oxygen atoms in total. The van der Waals surface area contributed by atoms with Gasteiger partial charge in [-0.2, -0.15) is 0 Å². The predicted octanol–water partition coefficient (Wildman–Crippen LogP) is -0.978. The van der Waals surface area contributed by atoms with Crippen LogP contribution in [0.3, 0.4) is 0 Å². The molecule has 5 N–H and O–H groups in total. The number of benzene rings is 1. The number of carbonyl (C=O) groups excluding carboxylic acids is 1. The van der Waals surface area contributed by atoms with Crippen LogP contribution in [0.2, 0.25) is 0 Å². The van der Waals surface area contributed by atoms with Crippen molar-refractivity contribution in [1.82, 2.24) is 0 Å². The summed E-state index contributed by atoms with van der Waals surface area (Å²) in [6.07, 6.45) is -6.90. The quantitative estimate of drug-likeness (QED) is 0.357. The molecule has 9 heteroatoms. The number of anilines is 1. The summed E-state index contributed by atoms with van der Waals surface area (Å²) in [6, 6.07) is 8.44. The van der Waals surface area contributed by atoms with Gasteiger partial charge >= 0.3 is 6.09 Å². The molecule has 1 aromatic rings. The number of rotatable bonds is 3. The zero-order valence-electron chi connectivity index (χ0n) is 11.4. The van der Waals surface area contributed by atoms with Crippen LogP contribution in [0.5, 0.6) is 0 Å². The number of para-hydroxylation sites is 1. The molecule has 0 bridgehead atoms. The van der Waals surface area contributed by atoms with Gasteiger partial charge in [0.15, 0.2) is 12.2 Å². The lowest BCUT2D eigenvalue weighted by atomic mass is 10.00. The molecule has 4 atom stereocenters. The molecule has 2 rings (SSSR count). The predicted molar refractivity (Wildman–Crippen MR) is 74.0 cm³/mol. The van der Waals surface area contributed by atoms with Crippen LogP contribution in [0.1, 0.15) is 0 Å². The SMILES string of the molecule is O=C(Nc1ccccc1)ON=C1O[C@H](CO)[C@@H](O)[C@H](O)[C@H]1O. The van der Waals surface area contributed by atoms with Crippen LogP contribution < -0.4 is 5.32 Å². The molecule has 0 aliphatic carbocycles. The first-order valence-corrected chi connectivity index (χ1v) is 6.45. The molecule has 0 unspecified atom stereocenters. The Kier molecular flexibility index (Phi) is 5.28. The summed E-state index contributed by atoms with van der Waals surface area (Å²) in [6.45, 7) is -0.611. The molecule has 22 heavy (non-hydrogen) atoms. The first-order valence-electron chi connectivity index (χ1n) is 6.45. The summed E-state index contributed by atoms with van der Waals surface area (Å²) in [4.78, 5) is 16.0. The molecule has 1 fully saturated rings. The van der Waals surface area contributed by atoms with Gasteiger partial charge in [0.25, 0.3) is 5.90 Å². The lowest BCUT2D eigenvalue weighted by molar-refractivity contribution is -0.130. The highest BCUT2D eigenvalue weighted by Gasteiger charge is 2.42. The Labute approximate surface area is 125 Å². The monoisotopic (exact) mass is 312 g/mol. The number of aliphatic hydroxyl groups excluding tert-OH is 4. The number of ether oxygens (including phenoxy) is 1. The lowest BCUT2D eigenvalue weighted by Gasteiger charge is -2.34. The number of aliphatic hydroxyl groups is 4. The fourth-order valence-corrected chi connectivity index (χ4v) is 1.82. The minimum absolute atomic E-state index is 0.474. The Morgan fingerprint density at radius 3 is 2.55 bits per heavy atom. The number of nitrogens with one attached hydrogen (secondary N) is 1. The fourth-order valence-electron chi connectivity index (χ4n) is 1.82. The summed E-state index contributed by atoms with van der Waals surface area (Å²) in [5.41, 5.74) is 0.474. The van der Waals surface area contributed by atoms with E-state index in [0.29, 0.717) is 5.69 Å². The van der Waals surface area contributed by atoms with Crippen LogP contribution in [0, 0.1) is 0 Å².